The number of carbonyl (C=O) groups is 3. The van der Waals surface area contributed by atoms with Crippen molar-refractivity contribution in [3.05, 3.63) is 59.1 Å². The van der Waals surface area contributed by atoms with Crippen molar-refractivity contribution in [3.63, 3.8) is 0 Å². The summed E-state index contributed by atoms with van der Waals surface area (Å²) < 4.78 is 23.0. The van der Waals surface area contributed by atoms with Crippen LogP contribution in [0.15, 0.2) is 59.1 Å². The Morgan fingerprint density at radius 1 is 1.00 bits per heavy atom. The summed E-state index contributed by atoms with van der Waals surface area (Å²) in [6.07, 6.45) is 7.27. The number of methoxy groups -OCH3 is 3. The molecule has 8 atom stereocenters. The number of Topliss-reactive ketones (excluding diaryl/α,β-unsaturated/α-hetero) is 1. The van der Waals surface area contributed by atoms with Gasteiger partial charge in [0.2, 0.25) is 0 Å². The first kappa shape index (κ1) is 33.0. The van der Waals surface area contributed by atoms with Gasteiger partial charge >= 0.3 is 6.09 Å². The fourth-order valence-corrected chi connectivity index (χ4v) is 5.47. The van der Waals surface area contributed by atoms with Gasteiger partial charge in [-0.05, 0) is 37.8 Å². The number of carbonyl (C=O) groups excluding carboxylic acids is 3. The van der Waals surface area contributed by atoms with Crippen LogP contribution in [0.1, 0.15) is 41.0 Å². The number of amides is 2. The predicted molar refractivity (Wildman–Crippen MR) is 151 cm³/mol. The third kappa shape index (κ3) is 8.39. The zero-order valence-corrected chi connectivity index (χ0v) is 24.7. The fourth-order valence-electron chi connectivity index (χ4n) is 5.47. The van der Waals surface area contributed by atoms with Gasteiger partial charge in [-0.3, -0.25) is 9.59 Å². The summed E-state index contributed by atoms with van der Waals surface area (Å²) >= 11 is 0. The SMILES string of the molecule is CO[C@H]1[C@@H](OC)C[C@H](C)[C@@H](OC)C2C=C(O)C=C(NC(=O)C(C)=CC=CC(C)[C@@H](OC(N)=O)C(C)=C[C@@H]1C)C2=O. The Labute approximate surface area is 236 Å². The molecule has 2 unspecified atom stereocenters. The number of rotatable bonds is 4. The second kappa shape index (κ2) is 15.0. The highest BCUT2D eigenvalue weighted by Crippen LogP contribution is 2.31. The van der Waals surface area contributed by atoms with E-state index in [0.29, 0.717) is 12.0 Å². The van der Waals surface area contributed by atoms with Gasteiger partial charge in [-0.1, -0.05) is 45.1 Å². The van der Waals surface area contributed by atoms with E-state index in [1.807, 2.05) is 33.8 Å². The van der Waals surface area contributed by atoms with Crippen molar-refractivity contribution in [1.82, 2.24) is 5.32 Å². The molecule has 0 saturated heterocycles. The number of hydrogen-bond donors (Lipinski definition) is 3. The van der Waals surface area contributed by atoms with Gasteiger partial charge in [-0.2, -0.15) is 0 Å². The number of ether oxygens (including phenoxy) is 4. The third-order valence-corrected chi connectivity index (χ3v) is 7.52. The second-order valence-electron chi connectivity index (χ2n) is 10.6. The molecule has 0 spiro atoms. The Morgan fingerprint density at radius 3 is 2.23 bits per heavy atom. The first-order chi connectivity index (χ1) is 18.8. The topological polar surface area (TPSA) is 146 Å². The molecule has 2 rings (SSSR count). The van der Waals surface area contributed by atoms with Gasteiger partial charge < -0.3 is 35.1 Å². The summed E-state index contributed by atoms with van der Waals surface area (Å²) in [6.45, 7) is 9.26. The van der Waals surface area contributed by atoms with Crippen LogP contribution in [0, 0.1) is 23.7 Å². The Morgan fingerprint density at radius 2 is 1.65 bits per heavy atom. The monoisotopic (exact) mass is 560 g/mol. The van der Waals surface area contributed by atoms with Gasteiger partial charge in [0.1, 0.15) is 11.9 Å². The number of aliphatic hydroxyl groups excluding tert-OH is 1. The molecule has 1 heterocycles. The summed E-state index contributed by atoms with van der Waals surface area (Å²) in [5.41, 5.74) is 6.48. The van der Waals surface area contributed by atoms with E-state index in [0.717, 1.165) is 5.57 Å². The molecular formula is C30H44N2O8. The minimum absolute atomic E-state index is 0.0197. The highest BCUT2D eigenvalue weighted by Gasteiger charge is 2.38. The maximum atomic E-state index is 13.4. The highest BCUT2D eigenvalue weighted by molar-refractivity contribution is 6.06. The molecule has 2 amide bonds. The Bertz CT molecular complexity index is 1090. The first-order valence-corrected chi connectivity index (χ1v) is 13.4. The number of hydrogen-bond acceptors (Lipinski definition) is 8. The Hall–Kier alpha value is -3.21. The number of aliphatic hydroxyl groups is 1. The maximum absolute atomic E-state index is 13.4. The van der Waals surface area contributed by atoms with Gasteiger partial charge in [-0.15, -0.1) is 0 Å². The molecule has 2 bridgehead atoms. The number of primary amides is 1. The minimum atomic E-state index is -0.895. The van der Waals surface area contributed by atoms with Crippen molar-refractivity contribution in [3.8, 4) is 0 Å². The molecule has 10 heteroatoms. The molecule has 1 aliphatic carbocycles. The minimum Gasteiger partial charge on any atom is -0.508 e. The van der Waals surface area contributed by atoms with Crippen molar-refractivity contribution in [2.45, 2.75) is 65.5 Å². The molecule has 40 heavy (non-hydrogen) atoms. The molecule has 0 radical (unpaired) electrons. The van der Waals surface area contributed by atoms with Gasteiger partial charge in [0.25, 0.3) is 5.91 Å². The second-order valence-corrected chi connectivity index (χ2v) is 10.6. The molecule has 0 aromatic rings. The first-order valence-electron chi connectivity index (χ1n) is 13.4. The lowest BCUT2D eigenvalue weighted by Gasteiger charge is -2.35. The quantitative estimate of drug-likeness (QED) is 0.439. The van der Waals surface area contributed by atoms with E-state index in [1.54, 1.807) is 39.4 Å². The maximum Gasteiger partial charge on any atom is 0.405 e. The number of nitrogens with one attached hydrogen (secondary N) is 1. The van der Waals surface area contributed by atoms with Crippen LogP contribution >= 0.6 is 0 Å². The van der Waals surface area contributed by atoms with E-state index < -0.39 is 30.1 Å². The number of ketones is 1. The van der Waals surface area contributed by atoms with Crippen LogP contribution in [-0.4, -0.2) is 68.6 Å². The lowest BCUT2D eigenvalue weighted by atomic mass is 9.81. The molecule has 0 saturated carbocycles. The Kier molecular flexibility index (Phi) is 12.4. The van der Waals surface area contributed by atoms with Crippen LogP contribution < -0.4 is 11.1 Å². The summed E-state index contributed by atoms with van der Waals surface area (Å²) in [4.78, 5) is 38.0. The smallest absolute Gasteiger partial charge is 0.405 e. The highest BCUT2D eigenvalue weighted by atomic mass is 16.6. The van der Waals surface area contributed by atoms with Crippen molar-refractivity contribution in [1.29, 1.82) is 0 Å². The van der Waals surface area contributed by atoms with Gasteiger partial charge in [0, 0.05) is 44.8 Å². The predicted octanol–water partition coefficient (Wildman–Crippen LogP) is 3.90. The normalized spacial score (nSPS) is 32.8. The Balaban J connectivity index is 2.61. The largest absolute Gasteiger partial charge is 0.508 e. The fraction of sp³-hybridized carbons (Fsp3) is 0.567. The molecule has 10 nitrogen and oxygen atoms in total. The van der Waals surface area contributed by atoms with E-state index in [1.165, 1.54) is 19.3 Å². The van der Waals surface area contributed by atoms with Crippen LogP contribution in [0.2, 0.25) is 0 Å². The molecule has 2 aliphatic rings. The van der Waals surface area contributed by atoms with E-state index in [4.69, 9.17) is 24.7 Å². The van der Waals surface area contributed by atoms with Crippen LogP contribution in [0.5, 0.6) is 0 Å². The van der Waals surface area contributed by atoms with E-state index in [-0.39, 0.29) is 47.2 Å². The van der Waals surface area contributed by atoms with E-state index in [2.05, 4.69) is 5.32 Å². The number of fused-ring (bicyclic) bond motifs is 2. The molecule has 0 fully saturated rings. The van der Waals surface area contributed by atoms with Crippen molar-refractivity contribution in [2.24, 2.45) is 29.4 Å². The lowest BCUT2D eigenvalue weighted by Crippen LogP contribution is -2.43. The zero-order valence-electron chi connectivity index (χ0n) is 24.7. The summed E-state index contributed by atoms with van der Waals surface area (Å²) in [5.74, 6) is -2.47. The van der Waals surface area contributed by atoms with Crippen molar-refractivity contribution in [2.75, 3.05) is 21.3 Å². The third-order valence-electron chi connectivity index (χ3n) is 7.52. The molecule has 0 aromatic heterocycles. The average molecular weight is 561 g/mol. The van der Waals surface area contributed by atoms with Crippen LogP contribution in [0.3, 0.4) is 0 Å². The van der Waals surface area contributed by atoms with E-state index in [9.17, 15) is 19.5 Å². The summed E-state index contributed by atoms with van der Waals surface area (Å²) in [5, 5.41) is 13.1. The number of allylic oxidation sites excluding steroid dienone is 4. The molecule has 1 aliphatic heterocycles. The molecule has 222 valence electrons. The standard InChI is InChI=1S/C30H44N2O8/c1-16-10-9-11-17(2)29(35)32-23-15-21(33)14-22(25(23)34)27(38-7)20(5)13-24(37-6)28(39-8)19(4)12-18(3)26(16)40-30(31)36/h9-12,14-16,19-20,22,24,26-28,33H,13H2,1-8H3,(H2,31,36)(H,32,35)/t16?,19-,20-,22?,24-,26+,27+,28+/m0/s1. The molecular weight excluding hydrogens is 516 g/mol. The van der Waals surface area contributed by atoms with Crippen molar-refractivity contribution >= 4 is 17.8 Å². The van der Waals surface area contributed by atoms with Gasteiger partial charge in [-0.25, -0.2) is 4.79 Å². The van der Waals surface area contributed by atoms with Gasteiger partial charge in [0.05, 0.1) is 29.9 Å². The molecule has 0 aromatic carbocycles. The zero-order chi connectivity index (χ0) is 30.1. The van der Waals surface area contributed by atoms with Crippen LogP contribution in [0.25, 0.3) is 0 Å². The molecule has 4 N–H and O–H groups in total. The lowest BCUT2D eigenvalue weighted by molar-refractivity contribution is -0.126. The summed E-state index contributed by atoms with van der Waals surface area (Å²) in [6, 6.07) is 0. The van der Waals surface area contributed by atoms with Gasteiger partial charge in [0.15, 0.2) is 5.78 Å². The van der Waals surface area contributed by atoms with Crippen LogP contribution in [-0.2, 0) is 28.5 Å². The number of nitrogens with two attached hydrogens (primary N) is 1. The van der Waals surface area contributed by atoms with E-state index >= 15 is 0 Å². The average Bonchev–Trinajstić information content (AvgIpc) is 2.88. The van der Waals surface area contributed by atoms with Crippen molar-refractivity contribution < 1.29 is 38.4 Å². The summed E-state index contributed by atoms with van der Waals surface area (Å²) in [7, 11) is 4.71. The van der Waals surface area contributed by atoms with Crippen LogP contribution in [0.4, 0.5) is 4.79 Å².